The predicted molar refractivity (Wildman–Crippen MR) is 75.9 cm³/mol. The molecule has 106 valence electrons. The van der Waals surface area contributed by atoms with Gasteiger partial charge in [0.15, 0.2) is 0 Å². The highest BCUT2D eigenvalue weighted by Crippen LogP contribution is 2.09. The zero-order chi connectivity index (χ0) is 14.4. The van der Waals surface area contributed by atoms with Gasteiger partial charge in [-0.05, 0) is 39.4 Å². The molecule has 0 saturated carbocycles. The number of carbonyl (C=O) groups excluding carboxylic acids is 1. The van der Waals surface area contributed by atoms with Crippen molar-refractivity contribution in [1.82, 2.24) is 10.2 Å². The fraction of sp³-hybridized carbons (Fsp3) is 0.533. The highest BCUT2D eigenvalue weighted by atomic mass is 19.1. The summed E-state index contributed by atoms with van der Waals surface area (Å²) in [5.41, 5.74) is 0.995. The van der Waals surface area contributed by atoms with Crippen molar-refractivity contribution in [3.8, 4) is 0 Å². The quantitative estimate of drug-likeness (QED) is 0.858. The smallest absolute Gasteiger partial charge is 0.254 e. The summed E-state index contributed by atoms with van der Waals surface area (Å²) in [6.45, 7) is 7.39. The summed E-state index contributed by atoms with van der Waals surface area (Å²) in [4.78, 5) is 14.0. The Morgan fingerprint density at radius 2 is 2.16 bits per heavy atom. The maximum absolute atomic E-state index is 13.5. The van der Waals surface area contributed by atoms with Crippen LogP contribution in [0.4, 0.5) is 4.39 Å². The molecular weight excluding hydrogens is 243 g/mol. The van der Waals surface area contributed by atoms with Crippen LogP contribution in [0.2, 0.25) is 0 Å². The lowest BCUT2D eigenvalue weighted by atomic mass is 10.1. The number of amides is 1. The summed E-state index contributed by atoms with van der Waals surface area (Å²) >= 11 is 0. The highest BCUT2D eigenvalue weighted by Gasteiger charge is 2.12. The van der Waals surface area contributed by atoms with Gasteiger partial charge in [0.05, 0.1) is 5.56 Å². The lowest BCUT2D eigenvalue weighted by molar-refractivity contribution is 0.0943. The van der Waals surface area contributed by atoms with Crippen molar-refractivity contribution >= 4 is 5.91 Å². The highest BCUT2D eigenvalue weighted by molar-refractivity contribution is 5.94. The van der Waals surface area contributed by atoms with Crippen LogP contribution in [0, 0.1) is 12.7 Å². The first-order valence-corrected chi connectivity index (χ1v) is 6.70. The molecule has 0 radical (unpaired) electrons. The third kappa shape index (κ3) is 4.63. The average molecular weight is 266 g/mol. The van der Waals surface area contributed by atoms with Crippen LogP contribution in [-0.4, -0.2) is 37.0 Å². The van der Waals surface area contributed by atoms with Crippen molar-refractivity contribution in [3.63, 3.8) is 0 Å². The van der Waals surface area contributed by atoms with Gasteiger partial charge in [0.2, 0.25) is 0 Å². The van der Waals surface area contributed by atoms with Crippen molar-refractivity contribution in [1.29, 1.82) is 0 Å². The predicted octanol–water partition coefficient (Wildman–Crippen LogP) is 2.59. The molecular formula is C15H23FN2O. The number of benzene rings is 1. The van der Waals surface area contributed by atoms with Crippen LogP contribution in [0.25, 0.3) is 0 Å². The molecule has 0 saturated heterocycles. The van der Waals surface area contributed by atoms with E-state index in [-0.39, 0.29) is 11.5 Å². The third-order valence-corrected chi connectivity index (χ3v) is 3.46. The number of hydrogen-bond donors (Lipinski definition) is 1. The number of nitrogens with one attached hydrogen (secondary N) is 1. The normalized spacial score (nSPS) is 12.5. The van der Waals surface area contributed by atoms with Gasteiger partial charge in [-0.2, -0.15) is 0 Å². The molecule has 1 atom stereocenters. The Labute approximate surface area is 114 Å². The van der Waals surface area contributed by atoms with Gasteiger partial charge in [-0.3, -0.25) is 4.79 Å². The van der Waals surface area contributed by atoms with Crippen molar-refractivity contribution in [3.05, 3.63) is 35.1 Å². The van der Waals surface area contributed by atoms with Crippen LogP contribution in [-0.2, 0) is 0 Å². The zero-order valence-corrected chi connectivity index (χ0v) is 12.2. The van der Waals surface area contributed by atoms with Gasteiger partial charge in [-0.1, -0.05) is 18.6 Å². The largest absolute Gasteiger partial charge is 0.351 e. The van der Waals surface area contributed by atoms with E-state index in [4.69, 9.17) is 0 Å². The molecule has 1 aromatic carbocycles. The Balaban J connectivity index is 2.50. The van der Waals surface area contributed by atoms with Gasteiger partial charge < -0.3 is 10.2 Å². The van der Waals surface area contributed by atoms with Crippen molar-refractivity contribution < 1.29 is 9.18 Å². The number of aryl methyl sites for hydroxylation is 1. The molecule has 0 bridgehead atoms. The van der Waals surface area contributed by atoms with E-state index in [0.29, 0.717) is 12.6 Å². The molecule has 1 N–H and O–H groups in total. The molecule has 1 unspecified atom stereocenters. The van der Waals surface area contributed by atoms with Gasteiger partial charge in [0.1, 0.15) is 5.82 Å². The minimum Gasteiger partial charge on any atom is -0.351 e. The van der Waals surface area contributed by atoms with Crippen LogP contribution in [0.3, 0.4) is 0 Å². The summed E-state index contributed by atoms with van der Waals surface area (Å²) in [5, 5.41) is 2.76. The second-order valence-electron chi connectivity index (χ2n) is 4.98. The third-order valence-electron chi connectivity index (χ3n) is 3.46. The van der Waals surface area contributed by atoms with E-state index in [1.165, 1.54) is 6.07 Å². The SMILES string of the molecule is CCC(C)N(C)CCNC(=O)c1cc(C)ccc1F. The minimum absolute atomic E-state index is 0.117. The Morgan fingerprint density at radius 1 is 1.47 bits per heavy atom. The molecule has 0 aliphatic heterocycles. The van der Waals surface area contributed by atoms with E-state index in [9.17, 15) is 9.18 Å². The van der Waals surface area contributed by atoms with Gasteiger partial charge in [-0.15, -0.1) is 0 Å². The van der Waals surface area contributed by atoms with Crippen LogP contribution in [0.5, 0.6) is 0 Å². The van der Waals surface area contributed by atoms with Crippen molar-refractivity contribution in [2.45, 2.75) is 33.2 Å². The number of halogens is 1. The topological polar surface area (TPSA) is 32.3 Å². The van der Waals surface area contributed by atoms with Crippen LogP contribution >= 0.6 is 0 Å². The van der Waals surface area contributed by atoms with E-state index < -0.39 is 5.82 Å². The number of rotatable bonds is 6. The molecule has 0 fully saturated rings. The van der Waals surface area contributed by atoms with Crippen molar-refractivity contribution in [2.75, 3.05) is 20.1 Å². The molecule has 3 nitrogen and oxygen atoms in total. The lowest BCUT2D eigenvalue weighted by Crippen LogP contribution is -2.37. The molecule has 0 aliphatic rings. The maximum atomic E-state index is 13.5. The van der Waals surface area contributed by atoms with Gasteiger partial charge in [-0.25, -0.2) is 4.39 Å². The second kappa shape index (κ2) is 7.24. The van der Waals surface area contributed by atoms with Crippen LogP contribution in [0.15, 0.2) is 18.2 Å². The summed E-state index contributed by atoms with van der Waals surface area (Å²) in [6.07, 6.45) is 1.07. The molecule has 19 heavy (non-hydrogen) atoms. The van der Waals surface area contributed by atoms with Crippen molar-refractivity contribution in [2.24, 2.45) is 0 Å². The van der Waals surface area contributed by atoms with E-state index >= 15 is 0 Å². The summed E-state index contributed by atoms with van der Waals surface area (Å²) in [6, 6.07) is 5.04. The molecule has 0 heterocycles. The van der Waals surface area contributed by atoms with Gasteiger partial charge >= 0.3 is 0 Å². The summed E-state index contributed by atoms with van der Waals surface area (Å²) in [5.74, 6) is -0.822. The van der Waals surface area contributed by atoms with Gasteiger partial charge in [0, 0.05) is 19.1 Å². The summed E-state index contributed by atoms with van der Waals surface area (Å²) < 4.78 is 13.5. The molecule has 1 aromatic rings. The standard InChI is InChI=1S/C15H23FN2O/c1-5-12(3)18(4)9-8-17-15(19)13-10-11(2)6-7-14(13)16/h6-7,10,12H,5,8-9H2,1-4H3,(H,17,19). The first-order valence-electron chi connectivity index (χ1n) is 6.70. The summed E-state index contributed by atoms with van der Waals surface area (Å²) in [7, 11) is 2.02. The molecule has 0 spiro atoms. The van der Waals surface area contributed by atoms with E-state index in [1.807, 2.05) is 14.0 Å². The Morgan fingerprint density at radius 3 is 2.79 bits per heavy atom. The second-order valence-corrected chi connectivity index (χ2v) is 4.98. The molecule has 4 heteroatoms. The number of hydrogen-bond acceptors (Lipinski definition) is 2. The number of carbonyl (C=O) groups is 1. The Hall–Kier alpha value is -1.42. The molecule has 1 rings (SSSR count). The average Bonchev–Trinajstić information content (AvgIpc) is 2.40. The lowest BCUT2D eigenvalue weighted by Gasteiger charge is -2.23. The first kappa shape index (κ1) is 15.6. The Bertz CT molecular complexity index is 434. The van der Waals surface area contributed by atoms with Crippen LogP contribution < -0.4 is 5.32 Å². The van der Waals surface area contributed by atoms with E-state index in [0.717, 1.165) is 18.5 Å². The van der Waals surface area contributed by atoms with E-state index in [2.05, 4.69) is 24.1 Å². The molecule has 0 aromatic heterocycles. The fourth-order valence-corrected chi connectivity index (χ4v) is 1.79. The number of likely N-dealkylation sites (N-methyl/N-ethyl adjacent to an activating group) is 1. The zero-order valence-electron chi connectivity index (χ0n) is 12.2. The molecule has 1 amide bonds. The monoisotopic (exact) mass is 266 g/mol. The van der Waals surface area contributed by atoms with E-state index in [1.54, 1.807) is 12.1 Å². The maximum Gasteiger partial charge on any atom is 0.254 e. The first-order chi connectivity index (χ1) is 8.95. The minimum atomic E-state index is -0.474. The van der Waals surface area contributed by atoms with Crippen LogP contribution in [0.1, 0.15) is 36.2 Å². The van der Waals surface area contributed by atoms with Gasteiger partial charge in [0.25, 0.3) is 5.91 Å². The molecule has 0 aliphatic carbocycles. The fourth-order valence-electron chi connectivity index (χ4n) is 1.79. The Kier molecular flexibility index (Phi) is 5.96. The number of nitrogens with zero attached hydrogens (tertiary/aromatic N) is 1.